The molecule has 1 saturated heterocycles. The van der Waals surface area contributed by atoms with Crippen molar-refractivity contribution in [3.8, 4) is 0 Å². The van der Waals surface area contributed by atoms with E-state index in [1.165, 1.54) is 17.3 Å². The van der Waals surface area contributed by atoms with Gasteiger partial charge in [-0.05, 0) is 12.1 Å². The molecule has 2 aromatic rings. The number of nitrogens with zero attached hydrogens (tertiary/aromatic N) is 3. The summed E-state index contributed by atoms with van der Waals surface area (Å²) in [4.78, 5) is 3.90. The summed E-state index contributed by atoms with van der Waals surface area (Å²) >= 11 is 12.3. The van der Waals surface area contributed by atoms with Crippen LogP contribution in [-0.2, 0) is 36.1 Å². The molecule has 3 rings (SSSR count). The maximum atomic E-state index is 11.2. The molecule has 1 aliphatic rings. The Morgan fingerprint density at radius 1 is 1.42 bits per heavy atom. The van der Waals surface area contributed by atoms with Crippen molar-refractivity contribution in [3.63, 3.8) is 0 Å². The van der Waals surface area contributed by atoms with Gasteiger partial charge in [0.1, 0.15) is 25.3 Å². The number of benzene rings is 1. The zero-order valence-corrected chi connectivity index (χ0v) is 16.7. The van der Waals surface area contributed by atoms with E-state index in [0.29, 0.717) is 15.6 Å². The van der Waals surface area contributed by atoms with Gasteiger partial charge >= 0.3 is 0 Å². The molecular weight excluding hydrogens is 429 g/mol. The molecule has 12 heteroatoms. The Labute approximate surface area is 166 Å². The van der Waals surface area contributed by atoms with E-state index < -0.39 is 22.0 Å². The molecular formula is C14H16Cl3N3O5S. The van der Waals surface area contributed by atoms with Gasteiger partial charge in [0.15, 0.2) is 0 Å². The second kappa shape index (κ2) is 8.39. The molecule has 0 spiro atoms. The fourth-order valence-electron chi connectivity index (χ4n) is 2.48. The molecule has 1 aliphatic heterocycles. The van der Waals surface area contributed by atoms with Crippen LogP contribution in [0.4, 0.5) is 0 Å². The van der Waals surface area contributed by atoms with E-state index in [2.05, 4.69) is 10.1 Å². The van der Waals surface area contributed by atoms with E-state index in [9.17, 15) is 8.42 Å². The maximum Gasteiger partial charge on any atom is 0.264 e. The third-order valence-electron chi connectivity index (χ3n) is 3.51. The first-order valence-electron chi connectivity index (χ1n) is 7.21. The topological polar surface area (TPSA) is 92.5 Å². The summed E-state index contributed by atoms with van der Waals surface area (Å²) in [6, 6.07) is 4.94. The lowest BCUT2D eigenvalue weighted by Crippen LogP contribution is -2.35. The van der Waals surface area contributed by atoms with E-state index in [1.54, 1.807) is 18.2 Å². The number of hydrogen-bond donors (Lipinski definition) is 0. The Balaban J connectivity index is 0.00000243. The van der Waals surface area contributed by atoms with Crippen molar-refractivity contribution >= 4 is 45.7 Å². The van der Waals surface area contributed by atoms with Crippen molar-refractivity contribution < 1.29 is 22.1 Å². The first-order valence-corrected chi connectivity index (χ1v) is 9.79. The largest absolute Gasteiger partial charge is 0.342 e. The first-order chi connectivity index (χ1) is 11.8. The number of hydrogen-bond acceptors (Lipinski definition) is 7. The second-order valence-electron chi connectivity index (χ2n) is 5.51. The van der Waals surface area contributed by atoms with Crippen LogP contribution in [0, 0.1) is 0 Å². The summed E-state index contributed by atoms with van der Waals surface area (Å²) in [6.07, 6.45) is 3.28. The zero-order chi connectivity index (χ0) is 18.1. The molecule has 0 saturated carbocycles. The SMILES string of the molecule is CS(=O)(=O)OCC1CO[C@](Cn2cncn2)(c2ccc(Cl)cc2Cl)O1.Cl. The highest BCUT2D eigenvalue weighted by atomic mass is 35.5. The molecule has 0 amide bonds. The molecule has 0 bridgehead atoms. The van der Waals surface area contributed by atoms with Gasteiger partial charge in [-0.15, -0.1) is 12.4 Å². The lowest BCUT2D eigenvalue weighted by molar-refractivity contribution is -0.190. The molecule has 1 unspecified atom stereocenters. The van der Waals surface area contributed by atoms with Crippen molar-refractivity contribution in [3.05, 3.63) is 46.5 Å². The van der Waals surface area contributed by atoms with Crippen LogP contribution in [0.2, 0.25) is 10.0 Å². The van der Waals surface area contributed by atoms with E-state index >= 15 is 0 Å². The lowest BCUT2D eigenvalue weighted by Gasteiger charge is -2.29. The summed E-state index contributed by atoms with van der Waals surface area (Å²) in [7, 11) is -3.58. The van der Waals surface area contributed by atoms with Gasteiger partial charge in [0, 0.05) is 10.6 Å². The number of ether oxygens (including phenoxy) is 2. The molecule has 0 N–H and O–H groups in total. The zero-order valence-electron chi connectivity index (χ0n) is 13.5. The normalized spacial score (nSPS) is 23.0. The van der Waals surface area contributed by atoms with Gasteiger partial charge in [0.2, 0.25) is 5.79 Å². The molecule has 2 atom stereocenters. The number of halogens is 3. The van der Waals surface area contributed by atoms with Gasteiger partial charge in [-0.25, -0.2) is 9.67 Å². The van der Waals surface area contributed by atoms with Crippen molar-refractivity contribution in [1.29, 1.82) is 0 Å². The van der Waals surface area contributed by atoms with Crippen molar-refractivity contribution in [2.24, 2.45) is 0 Å². The van der Waals surface area contributed by atoms with Crippen LogP contribution in [0.3, 0.4) is 0 Å². The summed E-state index contributed by atoms with van der Waals surface area (Å²) in [6.45, 7) is 0.135. The first kappa shape index (κ1) is 21.4. The van der Waals surface area contributed by atoms with Gasteiger partial charge in [-0.1, -0.05) is 29.3 Å². The smallest absolute Gasteiger partial charge is 0.264 e. The summed E-state index contributed by atoms with van der Waals surface area (Å²) in [5.74, 6) is -1.26. The van der Waals surface area contributed by atoms with Gasteiger partial charge in [0.05, 0.1) is 24.5 Å². The fourth-order valence-corrected chi connectivity index (χ4v) is 3.43. The van der Waals surface area contributed by atoms with E-state index in [0.717, 1.165) is 6.26 Å². The molecule has 0 radical (unpaired) electrons. The van der Waals surface area contributed by atoms with Crippen molar-refractivity contribution in [1.82, 2.24) is 14.8 Å². The third kappa shape index (κ3) is 5.07. The van der Waals surface area contributed by atoms with Crippen molar-refractivity contribution in [2.45, 2.75) is 18.4 Å². The number of aromatic nitrogens is 3. The van der Waals surface area contributed by atoms with Crippen molar-refractivity contribution in [2.75, 3.05) is 19.5 Å². The average molecular weight is 445 g/mol. The lowest BCUT2D eigenvalue weighted by atomic mass is 10.1. The minimum atomic E-state index is -3.58. The molecule has 8 nitrogen and oxygen atoms in total. The molecule has 26 heavy (non-hydrogen) atoms. The average Bonchev–Trinajstić information content (AvgIpc) is 3.15. The summed E-state index contributed by atoms with van der Waals surface area (Å²) < 4.78 is 40.6. The highest BCUT2D eigenvalue weighted by molar-refractivity contribution is 7.85. The van der Waals surface area contributed by atoms with Gasteiger partial charge in [-0.2, -0.15) is 13.5 Å². The maximum absolute atomic E-state index is 11.2. The quantitative estimate of drug-likeness (QED) is 0.631. The molecule has 1 fully saturated rings. The standard InChI is InChI=1S/C14H15Cl2N3O5S.ClH/c1-25(20,21)23-6-11-5-22-14(24-11,7-19-9-17-8-18-19)12-3-2-10(15)4-13(12)16;/h2-4,8-9,11H,5-7H2,1H3;1H/t11?,14-;/m0./s1. The van der Waals surface area contributed by atoms with Crippen LogP contribution >= 0.6 is 35.6 Å². The number of rotatable bonds is 6. The van der Waals surface area contributed by atoms with Crippen LogP contribution < -0.4 is 0 Å². The predicted octanol–water partition coefficient (Wildman–Crippen LogP) is 2.25. The van der Waals surface area contributed by atoms with Crippen LogP contribution in [0.1, 0.15) is 5.56 Å². The molecule has 1 aromatic heterocycles. The minimum absolute atomic E-state index is 0. The molecule has 0 aliphatic carbocycles. The Bertz CT molecular complexity index is 850. The molecule has 2 heterocycles. The van der Waals surface area contributed by atoms with E-state index in [-0.39, 0.29) is 32.2 Å². The van der Waals surface area contributed by atoms with Gasteiger partial charge in [-0.3, -0.25) is 4.18 Å². The van der Waals surface area contributed by atoms with Crippen LogP contribution in [0.25, 0.3) is 0 Å². The van der Waals surface area contributed by atoms with Crippen LogP contribution in [0.5, 0.6) is 0 Å². The predicted molar refractivity (Wildman–Crippen MR) is 97.0 cm³/mol. The van der Waals surface area contributed by atoms with Gasteiger partial charge < -0.3 is 9.47 Å². The highest BCUT2D eigenvalue weighted by Crippen LogP contribution is 2.40. The molecule has 144 valence electrons. The highest BCUT2D eigenvalue weighted by Gasteiger charge is 2.45. The van der Waals surface area contributed by atoms with Gasteiger partial charge in [0.25, 0.3) is 10.1 Å². The Morgan fingerprint density at radius 3 is 2.81 bits per heavy atom. The Kier molecular flexibility index (Phi) is 6.89. The van der Waals surface area contributed by atoms with Crippen LogP contribution in [0.15, 0.2) is 30.9 Å². The molecule has 1 aromatic carbocycles. The second-order valence-corrected chi connectivity index (χ2v) is 8.00. The van der Waals surface area contributed by atoms with E-state index in [1.807, 2.05) is 0 Å². The third-order valence-corrected chi connectivity index (χ3v) is 4.62. The minimum Gasteiger partial charge on any atom is -0.342 e. The monoisotopic (exact) mass is 443 g/mol. The van der Waals surface area contributed by atoms with E-state index in [4.69, 9.17) is 36.9 Å². The Morgan fingerprint density at radius 2 is 2.19 bits per heavy atom. The Hall–Kier alpha value is -0.940. The fraction of sp³-hybridized carbons (Fsp3) is 0.429. The summed E-state index contributed by atoms with van der Waals surface area (Å²) in [5, 5.41) is 4.89. The van der Waals surface area contributed by atoms with Crippen LogP contribution in [-0.4, -0.2) is 48.8 Å². The summed E-state index contributed by atoms with van der Waals surface area (Å²) in [5.41, 5.74) is 0.552.